The van der Waals surface area contributed by atoms with Gasteiger partial charge in [-0.15, -0.1) is 0 Å². The van der Waals surface area contributed by atoms with Crippen LogP contribution < -0.4 is 5.32 Å². The Bertz CT molecular complexity index is 1130. The number of hydrogen-bond donors (Lipinski definition) is 1. The lowest BCUT2D eigenvalue weighted by Crippen LogP contribution is -2.48. The number of fused-ring (bicyclic) bond motifs is 3. The number of nitrogens with zero attached hydrogens (tertiary/aromatic N) is 2. The van der Waals surface area contributed by atoms with E-state index >= 15 is 0 Å². The van der Waals surface area contributed by atoms with Crippen LogP contribution in [0.3, 0.4) is 0 Å². The number of hydrogen-bond acceptors (Lipinski definition) is 5. The summed E-state index contributed by atoms with van der Waals surface area (Å²) in [6.07, 6.45) is 10.6. The van der Waals surface area contributed by atoms with Crippen molar-refractivity contribution in [3.8, 4) is 0 Å². The van der Waals surface area contributed by atoms with Crippen LogP contribution >= 0.6 is 0 Å². The Kier molecular flexibility index (Phi) is 7.39. The van der Waals surface area contributed by atoms with Crippen LogP contribution in [0.15, 0.2) is 30.3 Å². The monoisotopic (exact) mass is 495 g/mol. The minimum absolute atomic E-state index is 0.196. The molecule has 1 amide bonds. The molecule has 0 saturated heterocycles. The van der Waals surface area contributed by atoms with Gasteiger partial charge in [0.25, 0.3) is 0 Å². The molecular weight excluding hydrogens is 461 g/mol. The molecule has 2 saturated carbocycles. The van der Waals surface area contributed by atoms with Gasteiger partial charge in [0.2, 0.25) is 5.91 Å². The van der Waals surface area contributed by atoms with E-state index in [-0.39, 0.29) is 36.4 Å². The van der Waals surface area contributed by atoms with Crippen molar-refractivity contribution in [2.24, 2.45) is 11.8 Å². The molecule has 2 fully saturated rings. The lowest BCUT2D eigenvalue weighted by Gasteiger charge is -2.30. The van der Waals surface area contributed by atoms with E-state index in [0.717, 1.165) is 56.2 Å². The van der Waals surface area contributed by atoms with Crippen LogP contribution in [0.25, 0.3) is 6.08 Å². The van der Waals surface area contributed by atoms with E-state index < -0.39 is 6.16 Å². The van der Waals surface area contributed by atoms with Crippen LogP contribution in [0.5, 0.6) is 0 Å². The molecule has 8 heteroatoms. The van der Waals surface area contributed by atoms with E-state index in [4.69, 9.17) is 14.6 Å². The van der Waals surface area contributed by atoms with Gasteiger partial charge in [-0.1, -0.05) is 18.6 Å². The maximum Gasteiger partial charge on any atom is 0.508 e. The zero-order valence-electron chi connectivity index (χ0n) is 20.7. The molecule has 2 unspecified atom stereocenters. The molecule has 3 aliphatic rings. The number of benzene rings is 1. The molecular formula is C28H34FN3O4. The largest absolute Gasteiger partial charge is 0.508 e. The molecule has 1 aromatic heterocycles. The molecule has 3 aliphatic carbocycles. The molecule has 1 N–H and O–H groups in total. The van der Waals surface area contributed by atoms with Gasteiger partial charge >= 0.3 is 6.16 Å². The number of aromatic nitrogens is 2. The van der Waals surface area contributed by atoms with Crippen LogP contribution in [0.2, 0.25) is 0 Å². The molecule has 5 rings (SSSR count). The normalized spacial score (nSPS) is 24.9. The summed E-state index contributed by atoms with van der Waals surface area (Å²) < 4.78 is 25.9. The topological polar surface area (TPSA) is 82.4 Å². The Labute approximate surface area is 211 Å². The van der Waals surface area contributed by atoms with Gasteiger partial charge in [0, 0.05) is 17.3 Å². The Morgan fingerprint density at radius 1 is 1.14 bits per heavy atom. The zero-order chi connectivity index (χ0) is 25.1. The van der Waals surface area contributed by atoms with Gasteiger partial charge in [0.15, 0.2) is 0 Å². The van der Waals surface area contributed by atoms with Crippen molar-refractivity contribution in [1.29, 1.82) is 0 Å². The first-order valence-electron chi connectivity index (χ1n) is 13.2. The highest BCUT2D eigenvalue weighted by molar-refractivity contribution is 5.92. The molecule has 0 radical (unpaired) electrons. The molecule has 1 heterocycles. The lowest BCUT2D eigenvalue weighted by atomic mass is 9.92. The molecule has 0 spiro atoms. The molecule has 1 aromatic carbocycles. The number of rotatable bonds is 7. The molecule has 2 bridgehead atoms. The highest BCUT2D eigenvalue weighted by Crippen LogP contribution is 2.46. The molecule has 0 aliphatic heterocycles. The average Bonchev–Trinajstić information content (AvgIpc) is 3.48. The highest BCUT2D eigenvalue weighted by Gasteiger charge is 2.50. The van der Waals surface area contributed by atoms with Crippen molar-refractivity contribution in [3.05, 3.63) is 58.7 Å². The summed E-state index contributed by atoms with van der Waals surface area (Å²) in [6, 6.07) is 6.31. The maximum atomic E-state index is 13.3. The number of carbonyl (C=O) groups excluding carboxylic acids is 2. The van der Waals surface area contributed by atoms with Crippen LogP contribution in [-0.4, -0.2) is 40.6 Å². The second-order valence-electron chi connectivity index (χ2n) is 10.1. The van der Waals surface area contributed by atoms with Gasteiger partial charge in [0.05, 0.1) is 24.9 Å². The SMILES string of the molecule is CCOC(=O)O[C@H]1C2CCC(C2)[C@H]1NC(=O)/C=C/c1nn(Cc2ccc(F)cc2)c2c1CCCCC2. The Hall–Kier alpha value is -3.16. The summed E-state index contributed by atoms with van der Waals surface area (Å²) in [5, 5.41) is 7.93. The maximum absolute atomic E-state index is 13.3. The number of amides is 1. The fourth-order valence-electron chi connectivity index (χ4n) is 6.14. The first-order valence-corrected chi connectivity index (χ1v) is 13.2. The summed E-state index contributed by atoms with van der Waals surface area (Å²) in [7, 11) is 0. The van der Waals surface area contributed by atoms with Gasteiger partial charge in [-0.3, -0.25) is 9.48 Å². The van der Waals surface area contributed by atoms with Gasteiger partial charge in [-0.2, -0.15) is 5.10 Å². The third kappa shape index (κ3) is 5.32. The minimum atomic E-state index is -0.667. The van der Waals surface area contributed by atoms with Gasteiger partial charge in [-0.05, 0) is 87.5 Å². The Balaban J connectivity index is 1.30. The number of carbonyl (C=O) groups is 2. The second-order valence-corrected chi connectivity index (χ2v) is 10.1. The van der Waals surface area contributed by atoms with E-state index in [0.29, 0.717) is 12.5 Å². The molecule has 4 atom stereocenters. The average molecular weight is 496 g/mol. The number of nitrogens with one attached hydrogen (secondary N) is 1. The zero-order valence-corrected chi connectivity index (χ0v) is 20.7. The predicted molar refractivity (Wildman–Crippen MR) is 133 cm³/mol. The van der Waals surface area contributed by atoms with E-state index in [1.54, 1.807) is 31.2 Å². The van der Waals surface area contributed by atoms with E-state index in [9.17, 15) is 14.0 Å². The van der Waals surface area contributed by atoms with Gasteiger partial charge in [0.1, 0.15) is 11.9 Å². The summed E-state index contributed by atoms with van der Waals surface area (Å²) in [6.45, 7) is 2.58. The summed E-state index contributed by atoms with van der Waals surface area (Å²) >= 11 is 0. The third-order valence-corrected chi connectivity index (χ3v) is 7.82. The van der Waals surface area contributed by atoms with Crippen molar-refractivity contribution < 1.29 is 23.5 Å². The highest BCUT2D eigenvalue weighted by atomic mass is 19.1. The molecule has 36 heavy (non-hydrogen) atoms. The van der Waals surface area contributed by atoms with Crippen molar-refractivity contribution >= 4 is 18.1 Å². The smallest absolute Gasteiger partial charge is 0.435 e. The quantitative estimate of drug-likeness (QED) is 0.339. The van der Waals surface area contributed by atoms with Crippen LogP contribution in [0.4, 0.5) is 9.18 Å². The Morgan fingerprint density at radius 3 is 2.72 bits per heavy atom. The fourth-order valence-corrected chi connectivity index (χ4v) is 6.14. The first-order chi connectivity index (χ1) is 17.5. The fraction of sp³-hybridized carbons (Fsp3) is 0.536. The van der Waals surface area contributed by atoms with Crippen LogP contribution in [0, 0.1) is 17.7 Å². The van der Waals surface area contributed by atoms with Crippen molar-refractivity contribution in [2.45, 2.75) is 77.0 Å². The van der Waals surface area contributed by atoms with E-state index in [1.807, 2.05) is 4.68 Å². The first kappa shape index (κ1) is 24.5. The molecule has 192 valence electrons. The molecule has 7 nitrogen and oxygen atoms in total. The predicted octanol–water partition coefficient (Wildman–Crippen LogP) is 4.81. The summed E-state index contributed by atoms with van der Waals surface area (Å²) in [5.41, 5.74) is 4.20. The Morgan fingerprint density at radius 2 is 1.92 bits per heavy atom. The standard InChI is InChI=1S/C28H34FN3O4/c1-2-35-28(34)36-27-20-11-10-19(16-20)26(27)30-25(33)15-14-23-22-6-4-3-5-7-24(22)32(31-23)17-18-8-12-21(29)13-9-18/h8-9,12-15,19-20,26-27H,2-7,10-11,16-17H2,1H3,(H,30,33)/b15-14+/t19?,20?,26-,27+/m1/s1. The minimum Gasteiger partial charge on any atom is -0.435 e. The van der Waals surface area contributed by atoms with Crippen molar-refractivity contribution in [3.63, 3.8) is 0 Å². The van der Waals surface area contributed by atoms with E-state index in [2.05, 4.69) is 5.32 Å². The molecule has 2 aromatic rings. The van der Waals surface area contributed by atoms with Gasteiger partial charge in [-0.25, -0.2) is 9.18 Å². The van der Waals surface area contributed by atoms with Gasteiger partial charge < -0.3 is 14.8 Å². The van der Waals surface area contributed by atoms with Crippen molar-refractivity contribution in [1.82, 2.24) is 15.1 Å². The number of halogens is 1. The van der Waals surface area contributed by atoms with Crippen LogP contribution in [0.1, 0.15) is 68.0 Å². The van der Waals surface area contributed by atoms with Crippen LogP contribution in [-0.2, 0) is 33.7 Å². The third-order valence-electron chi connectivity index (χ3n) is 7.82. The summed E-state index contributed by atoms with van der Waals surface area (Å²) in [5.74, 6) is 0.128. The summed E-state index contributed by atoms with van der Waals surface area (Å²) in [4.78, 5) is 24.9. The van der Waals surface area contributed by atoms with E-state index in [1.165, 1.54) is 29.8 Å². The van der Waals surface area contributed by atoms with Crippen molar-refractivity contribution in [2.75, 3.05) is 6.61 Å². The lowest BCUT2D eigenvalue weighted by molar-refractivity contribution is -0.118. The number of ether oxygens (including phenoxy) is 2. The second kappa shape index (κ2) is 10.8.